The van der Waals surface area contributed by atoms with Gasteiger partial charge in [-0.2, -0.15) is 0 Å². The molecule has 0 radical (unpaired) electrons. The second kappa shape index (κ2) is 6.42. The van der Waals surface area contributed by atoms with Crippen LogP contribution >= 0.6 is 0 Å². The average molecular weight is 345 g/mol. The third kappa shape index (κ3) is 3.35. The van der Waals surface area contributed by atoms with Gasteiger partial charge < -0.3 is 10.6 Å². The first-order chi connectivity index (χ1) is 11.9. The van der Waals surface area contributed by atoms with Crippen LogP contribution in [-0.2, 0) is 9.59 Å². The minimum absolute atomic E-state index is 0.159. The first-order valence-corrected chi connectivity index (χ1v) is 9.92. The number of allylic oxidation sites excluding steroid dienone is 1. The Morgan fingerprint density at radius 2 is 1.52 bits per heavy atom. The lowest BCUT2D eigenvalue weighted by Gasteiger charge is -2.57. The number of nitrogens with two attached hydrogens (primary N) is 1. The second-order valence-corrected chi connectivity index (χ2v) is 9.09. The highest BCUT2D eigenvalue weighted by Crippen LogP contribution is 2.62. The van der Waals surface area contributed by atoms with Gasteiger partial charge in [-0.3, -0.25) is 14.5 Å². The average Bonchev–Trinajstić information content (AvgIpc) is 2.53. The van der Waals surface area contributed by atoms with Crippen molar-refractivity contribution < 1.29 is 9.59 Å². The van der Waals surface area contributed by atoms with Crippen LogP contribution in [0.15, 0.2) is 11.6 Å². The predicted octanol–water partition coefficient (Wildman–Crippen LogP) is 1.78. The molecule has 2 amide bonds. The molecule has 2 N–H and O–H groups in total. The Labute approximate surface area is 150 Å². The van der Waals surface area contributed by atoms with Crippen molar-refractivity contribution >= 4 is 11.8 Å². The van der Waals surface area contributed by atoms with E-state index in [0.717, 1.165) is 30.8 Å². The van der Waals surface area contributed by atoms with Gasteiger partial charge in [-0.15, -0.1) is 0 Å². The van der Waals surface area contributed by atoms with Crippen molar-refractivity contribution in [2.24, 2.45) is 28.9 Å². The molecule has 5 aliphatic rings. The molecule has 5 heteroatoms. The number of primary amides is 1. The summed E-state index contributed by atoms with van der Waals surface area (Å²) in [6.45, 7) is 5.35. The molecule has 0 aromatic rings. The first-order valence-electron chi connectivity index (χ1n) is 9.92. The highest BCUT2D eigenvalue weighted by molar-refractivity contribution is 5.88. The molecule has 5 rings (SSSR count). The summed E-state index contributed by atoms with van der Waals surface area (Å²) in [6, 6.07) is 0. The molecule has 4 saturated carbocycles. The van der Waals surface area contributed by atoms with Crippen molar-refractivity contribution in [1.82, 2.24) is 9.80 Å². The Hall–Kier alpha value is -1.36. The highest BCUT2D eigenvalue weighted by atomic mass is 16.2. The molecule has 0 atom stereocenters. The van der Waals surface area contributed by atoms with Gasteiger partial charge in [-0.25, -0.2) is 0 Å². The van der Waals surface area contributed by atoms with Gasteiger partial charge in [0.25, 0.3) is 0 Å². The van der Waals surface area contributed by atoms with Crippen molar-refractivity contribution in [2.75, 3.05) is 32.7 Å². The number of hydrogen-bond acceptors (Lipinski definition) is 3. The van der Waals surface area contributed by atoms with E-state index >= 15 is 0 Å². The van der Waals surface area contributed by atoms with Crippen LogP contribution in [0.25, 0.3) is 0 Å². The number of carbonyl (C=O) groups is 2. The van der Waals surface area contributed by atoms with E-state index in [1.165, 1.54) is 44.1 Å². The number of hydrogen-bond donors (Lipinski definition) is 1. The molecule has 0 unspecified atom stereocenters. The molecule has 0 spiro atoms. The van der Waals surface area contributed by atoms with Gasteiger partial charge in [0.05, 0.1) is 6.54 Å². The molecule has 0 aromatic carbocycles. The molecule has 1 heterocycles. The van der Waals surface area contributed by atoms with Crippen molar-refractivity contribution in [3.63, 3.8) is 0 Å². The van der Waals surface area contributed by atoms with Gasteiger partial charge in [0.15, 0.2) is 0 Å². The lowest BCUT2D eigenvalue weighted by atomic mass is 9.48. The van der Waals surface area contributed by atoms with Gasteiger partial charge in [0.1, 0.15) is 0 Å². The fourth-order valence-electron chi connectivity index (χ4n) is 6.37. The summed E-state index contributed by atoms with van der Waals surface area (Å²) < 4.78 is 0. The van der Waals surface area contributed by atoms with Gasteiger partial charge in [0, 0.05) is 32.3 Å². The number of nitrogens with zero attached hydrogens (tertiary/aromatic N) is 2. The van der Waals surface area contributed by atoms with E-state index in [1.54, 1.807) is 0 Å². The SMILES string of the molecule is CC(=CC(=O)N1CCN(CC(N)=O)CC1)C12CC3CC(CC(C3)C1)C2. The largest absolute Gasteiger partial charge is 0.369 e. The molecular formula is C20H31N3O2. The Bertz CT molecular complexity index is 554. The molecule has 4 bridgehead atoms. The van der Waals surface area contributed by atoms with E-state index in [9.17, 15) is 9.59 Å². The maximum Gasteiger partial charge on any atom is 0.246 e. The molecule has 5 fully saturated rings. The third-order valence-electron chi connectivity index (χ3n) is 7.28. The molecule has 0 aromatic heterocycles. The molecule has 5 nitrogen and oxygen atoms in total. The Morgan fingerprint density at radius 1 is 1.00 bits per heavy atom. The molecule has 1 aliphatic heterocycles. The number of rotatable bonds is 4. The Kier molecular flexibility index (Phi) is 4.38. The van der Waals surface area contributed by atoms with Gasteiger partial charge in [-0.05, 0) is 68.6 Å². The number of amides is 2. The fourth-order valence-corrected chi connectivity index (χ4v) is 6.37. The van der Waals surface area contributed by atoms with E-state index < -0.39 is 0 Å². The summed E-state index contributed by atoms with van der Waals surface area (Å²) in [5.41, 5.74) is 6.90. The van der Waals surface area contributed by atoms with Crippen LogP contribution in [0.1, 0.15) is 45.4 Å². The van der Waals surface area contributed by atoms with Crippen LogP contribution in [0.2, 0.25) is 0 Å². The van der Waals surface area contributed by atoms with Crippen molar-refractivity contribution in [3.05, 3.63) is 11.6 Å². The summed E-state index contributed by atoms with van der Waals surface area (Å²) in [5, 5.41) is 0. The second-order valence-electron chi connectivity index (χ2n) is 9.09. The molecule has 1 saturated heterocycles. The molecule has 25 heavy (non-hydrogen) atoms. The molecule has 4 aliphatic carbocycles. The number of carbonyl (C=O) groups excluding carboxylic acids is 2. The van der Waals surface area contributed by atoms with E-state index in [-0.39, 0.29) is 11.8 Å². The minimum Gasteiger partial charge on any atom is -0.369 e. The van der Waals surface area contributed by atoms with E-state index in [1.807, 2.05) is 15.9 Å². The lowest BCUT2D eigenvalue weighted by molar-refractivity contribution is -0.128. The van der Waals surface area contributed by atoms with Crippen molar-refractivity contribution in [2.45, 2.75) is 45.4 Å². The van der Waals surface area contributed by atoms with E-state index in [0.29, 0.717) is 25.0 Å². The van der Waals surface area contributed by atoms with Gasteiger partial charge >= 0.3 is 0 Å². The van der Waals surface area contributed by atoms with Crippen LogP contribution in [0, 0.1) is 23.2 Å². The Balaban J connectivity index is 1.39. The smallest absolute Gasteiger partial charge is 0.246 e. The first kappa shape index (κ1) is 17.1. The predicted molar refractivity (Wildman–Crippen MR) is 96.6 cm³/mol. The fraction of sp³-hybridized carbons (Fsp3) is 0.800. The topological polar surface area (TPSA) is 66.6 Å². The highest BCUT2D eigenvalue weighted by Gasteiger charge is 2.51. The lowest BCUT2D eigenvalue weighted by Crippen LogP contribution is -2.50. The maximum atomic E-state index is 12.8. The summed E-state index contributed by atoms with van der Waals surface area (Å²) >= 11 is 0. The maximum absolute atomic E-state index is 12.8. The molecule has 138 valence electrons. The standard InChI is InChI=1S/C20H31N3O2/c1-14(20-10-15-7-16(11-20)9-17(8-15)12-20)6-19(25)23-4-2-22(3-5-23)13-18(21)24/h6,15-17H,2-5,7-13H2,1H3,(H2,21,24). The van der Waals surface area contributed by atoms with Crippen LogP contribution in [0.3, 0.4) is 0 Å². The van der Waals surface area contributed by atoms with Gasteiger partial charge in [-0.1, -0.05) is 5.57 Å². The zero-order valence-electron chi connectivity index (χ0n) is 15.4. The summed E-state index contributed by atoms with van der Waals surface area (Å²) in [6.07, 6.45) is 10.2. The zero-order chi connectivity index (χ0) is 17.6. The Morgan fingerprint density at radius 3 is 2.00 bits per heavy atom. The van der Waals surface area contributed by atoms with Crippen LogP contribution in [0.4, 0.5) is 0 Å². The van der Waals surface area contributed by atoms with Crippen LogP contribution < -0.4 is 5.73 Å². The number of piperazine rings is 1. The quantitative estimate of drug-likeness (QED) is 0.790. The van der Waals surface area contributed by atoms with Crippen molar-refractivity contribution in [3.8, 4) is 0 Å². The molecular weight excluding hydrogens is 314 g/mol. The summed E-state index contributed by atoms with van der Waals surface area (Å²) in [5.74, 6) is 2.58. The van der Waals surface area contributed by atoms with E-state index in [4.69, 9.17) is 5.73 Å². The normalized spacial score (nSPS) is 38.2. The van der Waals surface area contributed by atoms with Crippen LogP contribution in [-0.4, -0.2) is 54.3 Å². The minimum atomic E-state index is -0.294. The van der Waals surface area contributed by atoms with Crippen LogP contribution in [0.5, 0.6) is 0 Å². The van der Waals surface area contributed by atoms with E-state index in [2.05, 4.69) is 6.92 Å². The zero-order valence-corrected chi connectivity index (χ0v) is 15.4. The van der Waals surface area contributed by atoms with Crippen molar-refractivity contribution in [1.29, 1.82) is 0 Å². The monoisotopic (exact) mass is 345 g/mol. The third-order valence-corrected chi connectivity index (χ3v) is 7.28. The summed E-state index contributed by atoms with van der Waals surface area (Å²) in [7, 11) is 0. The van der Waals surface area contributed by atoms with Gasteiger partial charge in [0.2, 0.25) is 11.8 Å². The summed E-state index contributed by atoms with van der Waals surface area (Å²) in [4.78, 5) is 27.8.